The van der Waals surface area contributed by atoms with Crippen molar-refractivity contribution in [3.05, 3.63) is 36.0 Å². The molecule has 34 heavy (non-hydrogen) atoms. The Bertz CT molecular complexity index is 698. The van der Waals surface area contributed by atoms with E-state index in [-0.39, 0.29) is 12.1 Å². The molecule has 0 saturated heterocycles. The highest BCUT2D eigenvalue weighted by molar-refractivity contribution is 6.74. The Hall–Kier alpha value is -1.13. The average molecular weight is 489 g/mol. The predicted molar refractivity (Wildman–Crippen MR) is 147 cm³/mol. The van der Waals surface area contributed by atoms with Crippen molar-refractivity contribution < 1.29 is 14.0 Å². The van der Waals surface area contributed by atoms with E-state index < -0.39 is 8.32 Å². The lowest BCUT2D eigenvalue weighted by molar-refractivity contribution is -0.148. The first-order valence-electron chi connectivity index (χ1n) is 13.9. The Kier molecular flexibility index (Phi) is 12.4. The van der Waals surface area contributed by atoms with Crippen LogP contribution in [-0.4, -0.2) is 27.0 Å². The second-order valence-electron chi connectivity index (χ2n) is 12.0. The molecule has 0 bridgehead atoms. The summed E-state index contributed by atoms with van der Waals surface area (Å²) in [5.74, 6) is 1.12. The molecule has 194 valence electrons. The summed E-state index contributed by atoms with van der Waals surface area (Å²) >= 11 is 0. The molecule has 3 atom stereocenters. The van der Waals surface area contributed by atoms with Crippen LogP contribution in [0.15, 0.2) is 36.0 Å². The van der Waals surface area contributed by atoms with Gasteiger partial charge in [-0.2, -0.15) is 0 Å². The molecule has 0 aromatic heterocycles. The smallest absolute Gasteiger partial charge is 0.302 e. The molecular weight excluding hydrogens is 436 g/mol. The van der Waals surface area contributed by atoms with Gasteiger partial charge < -0.3 is 9.16 Å². The van der Waals surface area contributed by atoms with Crippen LogP contribution >= 0.6 is 0 Å². The molecule has 4 heteroatoms. The third-order valence-electron chi connectivity index (χ3n) is 8.11. The number of carbonyl (C=O) groups is 1. The lowest BCUT2D eigenvalue weighted by atomic mass is 9.83. The minimum absolute atomic E-state index is 0.133. The molecule has 2 saturated carbocycles. The van der Waals surface area contributed by atoms with Gasteiger partial charge in [-0.25, -0.2) is 0 Å². The van der Waals surface area contributed by atoms with Crippen LogP contribution in [0, 0.1) is 11.8 Å². The fraction of sp³-hybridized carbons (Fsp3) is 0.767. The van der Waals surface area contributed by atoms with E-state index in [4.69, 9.17) is 9.16 Å². The van der Waals surface area contributed by atoms with Crippen LogP contribution in [0.4, 0.5) is 0 Å². The van der Waals surface area contributed by atoms with Crippen molar-refractivity contribution in [2.24, 2.45) is 11.8 Å². The molecule has 0 heterocycles. The number of rotatable bonds is 11. The SMILES string of the molecule is CC(=O)O[C@@H]1CCCC(C/C=C/C=C/[C@@H]2CCCC/C2=C\CCCCO[Si](C)(C)C(C)(C)C)C1. The number of esters is 1. The van der Waals surface area contributed by atoms with Gasteiger partial charge in [0.15, 0.2) is 8.32 Å². The van der Waals surface area contributed by atoms with Gasteiger partial charge in [0, 0.05) is 13.5 Å². The summed E-state index contributed by atoms with van der Waals surface area (Å²) < 4.78 is 11.8. The Labute approximate surface area is 211 Å². The zero-order chi connectivity index (χ0) is 25.0. The summed E-state index contributed by atoms with van der Waals surface area (Å²) in [5, 5.41) is 0.299. The lowest BCUT2D eigenvalue weighted by Gasteiger charge is -2.36. The largest absolute Gasteiger partial charge is 0.463 e. The Balaban J connectivity index is 1.71. The summed E-state index contributed by atoms with van der Waals surface area (Å²) in [6, 6.07) is 0. The van der Waals surface area contributed by atoms with Gasteiger partial charge in [0.1, 0.15) is 6.10 Å². The number of ether oxygens (including phenoxy) is 1. The van der Waals surface area contributed by atoms with Crippen molar-refractivity contribution in [3.63, 3.8) is 0 Å². The summed E-state index contributed by atoms with van der Waals surface area (Å²) in [5.41, 5.74) is 1.65. The molecule has 3 nitrogen and oxygen atoms in total. The van der Waals surface area contributed by atoms with Crippen LogP contribution in [0.1, 0.15) is 105 Å². The number of hydrogen-bond acceptors (Lipinski definition) is 3. The van der Waals surface area contributed by atoms with Gasteiger partial charge >= 0.3 is 5.97 Å². The van der Waals surface area contributed by atoms with E-state index in [0.717, 1.165) is 25.9 Å². The average Bonchev–Trinajstić information content (AvgIpc) is 2.75. The summed E-state index contributed by atoms with van der Waals surface area (Å²) in [6.45, 7) is 14.1. The van der Waals surface area contributed by atoms with Gasteiger partial charge in [-0.05, 0) is 101 Å². The first-order valence-corrected chi connectivity index (χ1v) is 16.8. The highest BCUT2D eigenvalue weighted by Crippen LogP contribution is 2.36. The maximum atomic E-state index is 11.2. The molecule has 2 fully saturated rings. The molecule has 0 spiro atoms. The fourth-order valence-corrected chi connectivity index (χ4v) is 6.05. The van der Waals surface area contributed by atoms with E-state index in [1.54, 1.807) is 5.57 Å². The molecule has 0 aromatic rings. The van der Waals surface area contributed by atoms with Crippen molar-refractivity contribution in [2.45, 2.75) is 129 Å². The molecule has 0 N–H and O–H groups in total. The topological polar surface area (TPSA) is 35.5 Å². The molecule has 0 aliphatic heterocycles. The van der Waals surface area contributed by atoms with E-state index >= 15 is 0 Å². The van der Waals surface area contributed by atoms with Crippen LogP contribution in [-0.2, 0) is 14.0 Å². The van der Waals surface area contributed by atoms with Crippen LogP contribution in [0.25, 0.3) is 0 Å². The zero-order valence-electron chi connectivity index (χ0n) is 23.0. The van der Waals surface area contributed by atoms with Crippen molar-refractivity contribution in [1.82, 2.24) is 0 Å². The summed E-state index contributed by atoms with van der Waals surface area (Å²) in [6.07, 6.45) is 26.3. The normalized spacial score (nSPS) is 25.9. The van der Waals surface area contributed by atoms with E-state index in [9.17, 15) is 4.79 Å². The number of hydrogen-bond donors (Lipinski definition) is 0. The minimum Gasteiger partial charge on any atom is -0.463 e. The Morgan fingerprint density at radius 2 is 1.85 bits per heavy atom. The van der Waals surface area contributed by atoms with E-state index in [0.29, 0.717) is 16.9 Å². The van der Waals surface area contributed by atoms with Crippen molar-refractivity contribution in [3.8, 4) is 0 Å². The molecular formula is C30H52O3Si. The van der Waals surface area contributed by atoms with Gasteiger partial charge in [0.25, 0.3) is 0 Å². The zero-order valence-corrected chi connectivity index (χ0v) is 24.0. The third kappa shape index (κ3) is 10.6. The molecule has 1 unspecified atom stereocenters. The quantitative estimate of drug-likeness (QED) is 0.0957. The van der Waals surface area contributed by atoms with Gasteiger partial charge in [0.05, 0.1) is 0 Å². The first kappa shape index (κ1) is 29.1. The monoisotopic (exact) mass is 488 g/mol. The van der Waals surface area contributed by atoms with Gasteiger partial charge in [-0.3, -0.25) is 4.79 Å². The number of allylic oxidation sites excluding steroid dienone is 6. The van der Waals surface area contributed by atoms with E-state index in [1.807, 2.05) is 0 Å². The maximum Gasteiger partial charge on any atom is 0.302 e. The maximum absolute atomic E-state index is 11.2. The Morgan fingerprint density at radius 1 is 1.06 bits per heavy atom. The number of unbranched alkanes of at least 4 members (excludes halogenated alkanes) is 2. The summed E-state index contributed by atoms with van der Waals surface area (Å²) in [4.78, 5) is 11.2. The fourth-order valence-electron chi connectivity index (χ4n) is 4.96. The van der Waals surface area contributed by atoms with E-state index in [2.05, 4.69) is 64.2 Å². The summed E-state index contributed by atoms with van der Waals surface area (Å²) in [7, 11) is -1.60. The van der Waals surface area contributed by atoms with Crippen molar-refractivity contribution in [1.29, 1.82) is 0 Å². The molecule has 0 aromatic carbocycles. The highest BCUT2D eigenvalue weighted by atomic mass is 28.4. The third-order valence-corrected chi connectivity index (χ3v) is 12.6. The molecule has 2 aliphatic rings. The Morgan fingerprint density at radius 3 is 2.59 bits per heavy atom. The molecule has 0 radical (unpaired) electrons. The van der Waals surface area contributed by atoms with E-state index in [1.165, 1.54) is 64.7 Å². The van der Waals surface area contributed by atoms with Gasteiger partial charge in [-0.1, -0.05) is 63.1 Å². The van der Waals surface area contributed by atoms with Gasteiger partial charge in [-0.15, -0.1) is 0 Å². The van der Waals surface area contributed by atoms with Crippen LogP contribution in [0.5, 0.6) is 0 Å². The molecule has 2 rings (SSSR count). The first-order chi connectivity index (χ1) is 16.1. The van der Waals surface area contributed by atoms with Crippen molar-refractivity contribution >= 4 is 14.3 Å². The molecule has 2 aliphatic carbocycles. The molecule has 0 amide bonds. The second kappa shape index (κ2) is 14.4. The van der Waals surface area contributed by atoms with Crippen LogP contribution in [0.2, 0.25) is 18.1 Å². The lowest BCUT2D eigenvalue weighted by Crippen LogP contribution is -2.40. The number of carbonyl (C=O) groups excluding carboxylic acids is 1. The van der Waals surface area contributed by atoms with Gasteiger partial charge in [0.2, 0.25) is 0 Å². The highest BCUT2D eigenvalue weighted by Gasteiger charge is 2.36. The standard InChI is InChI=1S/C30H52O3Si/c1-25(31)33-29-22-15-17-26(24-29)16-9-7-10-18-27-20-12-13-21-28(27)19-11-8-14-23-32-34(5,6)30(2,3)4/h7,9-10,18-19,26-27,29H,8,11-17,20-24H2,1-6H3/b9-7+,18-10+,28-19+/t26?,27-,29-/m1/s1. The second-order valence-corrected chi connectivity index (χ2v) is 16.9. The van der Waals surface area contributed by atoms with Crippen LogP contribution in [0.3, 0.4) is 0 Å². The van der Waals surface area contributed by atoms with Crippen LogP contribution < -0.4 is 0 Å². The predicted octanol–water partition coefficient (Wildman–Crippen LogP) is 8.92. The van der Waals surface area contributed by atoms with Crippen molar-refractivity contribution in [2.75, 3.05) is 6.61 Å². The minimum atomic E-state index is -1.60.